The van der Waals surface area contributed by atoms with Crippen LogP contribution in [0.4, 0.5) is 0 Å². The Morgan fingerprint density at radius 2 is 1.79 bits per heavy atom. The standard InChI is InChI=1S/C14H23NO3S/c1-10(16-2)8-15-9-11-6-12(17-3)13(18-4)7-14(11)19-5/h6-7,10,15H,8-9H2,1-5H3. The van der Waals surface area contributed by atoms with E-state index in [0.717, 1.165) is 24.6 Å². The smallest absolute Gasteiger partial charge is 0.161 e. The van der Waals surface area contributed by atoms with Crippen LogP contribution >= 0.6 is 11.8 Å². The van der Waals surface area contributed by atoms with Gasteiger partial charge < -0.3 is 19.5 Å². The van der Waals surface area contributed by atoms with Gasteiger partial charge in [-0.1, -0.05) is 0 Å². The summed E-state index contributed by atoms with van der Waals surface area (Å²) in [5, 5.41) is 3.38. The molecule has 0 aliphatic heterocycles. The molecule has 1 rings (SSSR count). The maximum absolute atomic E-state index is 5.34. The minimum absolute atomic E-state index is 0.206. The van der Waals surface area contributed by atoms with E-state index in [4.69, 9.17) is 14.2 Å². The lowest BCUT2D eigenvalue weighted by molar-refractivity contribution is 0.117. The summed E-state index contributed by atoms with van der Waals surface area (Å²) in [4.78, 5) is 1.19. The molecule has 0 amide bonds. The molecule has 108 valence electrons. The summed E-state index contributed by atoms with van der Waals surface area (Å²) < 4.78 is 15.9. The quantitative estimate of drug-likeness (QED) is 0.743. The van der Waals surface area contributed by atoms with Crippen molar-refractivity contribution in [3.8, 4) is 11.5 Å². The van der Waals surface area contributed by atoms with Gasteiger partial charge in [0.2, 0.25) is 0 Å². The van der Waals surface area contributed by atoms with Crippen LogP contribution in [0, 0.1) is 0 Å². The van der Waals surface area contributed by atoms with Gasteiger partial charge in [-0.15, -0.1) is 11.8 Å². The van der Waals surface area contributed by atoms with Crippen LogP contribution in [0.3, 0.4) is 0 Å². The topological polar surface area (TPSA) is 39.7 Å². The van der Waals surface area contributed by atoms with E-state index < -0.39 is 0 Å². The molecule has 0 aliphatic rings. The number of thioether (sulfide) groups is 1. The molecular weight excluding hydrogens is 262 g/mol. The van der Waals surface area contributed by atoms with Gasteiger partial charge in [-0.3, -0.25) is 0 Å². The maximum atomic E-state index is 5.34. The SMILES string of the molecule is COc1cc(CNCC(C)OC)c(SC)cc1OC. The van der Waals surface area contributed by atoms with Crippen LogP contribution in [0.1, 0.15) is 12.5 Å². The molecule has 5 heteroatoms. The van der Waals surface area contributed by atoms with Crippen molar-refractivity contribution in [1.29, 1.82) is 0 Å². The van der Waals surface area contributed by atoms with E-state index in [9.17, 15) is 0 Å². The van der Waals surface area contributed by atoms with Crippen LogP contribution in [-0.4, -0.2) is 40.2 Å². The lowest BCUT2D eigenvalue weighted by atomic mass is 10.2. The van der Waals surface area contributed by atoms with Gasteiger partial charge in [-0.25, -0.2) is 0 Å². The fourth-order valence-electron chi connectivity index (χ4n) is 1.72. The van der Waals surface area contributed by atoms with E-state index in [0.29, 0.717) is 0 Å². The fraction of sp³-hybridized carbons (Fsp3) is 0.571. The highest BCUT2D eigenvalue weighted by Crippen LogP contribution is 2.34. The molecule has 0 saturated carbocycles. The first kappa shape index (κ1) is 16.1. The average Bonchev–Trinajstić information content (AvgIpc) is 2.46. The third-order valence-corrected chi connectivity index (χ3v) is 3.76. The van der Waals surface area contributed by atoms with Gasteiger partial charge in [0.15, 0.2) is 11.5 Å². The molecular formula is C14H23NO3S. The molecule has 0 bridgehead atoms. The third-order valence-electron chi connectivity index (χ3n) is 2.94. The second-order valence-corrected chi connectivity index (χ2v) is 5.04. The Balaban J connectivity index is 2.80. The van der Waals surface area contributed by atoms with Crippen molar-refractivity contribution in [2.45, 2.75) is 24.5 Å². The zero-order valence-corrected chi connectivity index (χ0v) is 13.1. The number of ether oxygens (including phenoxy) is 3. The number of rotatable bonds is 8. The van der Waals surface area contributed by atoms with Crippen LogP contribution in [0.2, 0.25) is 0 Å². The zero-order chi connectivity index (χ0) is 14.3. The van der Waals surface area contributed by atoms with Gasteiger partial charge in [-0.2, -0.15) is 0 Å². The highest BCUT2D eigenvalue weighted by Gasteiger charge is 2.10. The van der Waals surface area contributed by atoms with Gasteiger partial charge >= 0.3 is 0 Å². The lowest BCUT2D eigenvalue weighted by Gasteiger charge is -2.15. The minimum atomic E-state index is 0.206. The Bertz CT molecular complexity index is 399. The molecule has 0 radical (unpaired) electrons. The predicted molar refractivity (Wildman–Crippen MR) is 79.5 cm³/mol. The molecule has 0 fully saturated rings. The van der Waals surface area contributed by atoms with Crippen molar-refractivity contribution in [1.82, 2.24) is 5.32 Å². The molecule has 19 heavy (non-hydrogen) atoms. The molecule has 1 atom stereocenters. The number of benzene rings is 1. The summed E-state index contributed by atoms with van der Waals surface area (Å²) >= 11 is 1.70. The monoisotopic (exact) mass is 285 g/mol. The zero-order valence-electron chi connectivity index (χ0n) is 12.3. The molecule has 0 aromatic heterocycles. The Morgan fingerprint density at radius 3 is 2.32 bits per heavy atom. The first-order valence-corrected chi connectivity index (χ1v) is 7.41. The first-order chi connectivity index (χ1) is 9.15. The van der Waals surface area contributed by atoms with E-state index in [2.05, 4.69) is 11.6 Å². The lowest BCUT2D eigenvalue weighted by Crippen LogP contribution is -2.25. The number of methoxy groups -OCH3 is 3. The van der Waals surface area contributed by atoms with Gasteiger partial charge in [0, 0.05) is 25.1 Å². The van der Waals surface area contributed by atoms with Crippen LogP contribution in [0.25, 0.3) is 0 Å². The predicted octanol–water partition coefficient (Wildman–Crippen LogP) is 2.55. The molecule has 0 spiro atoms. The van der Waals surface area contributed by atoms with Crippen molar-refractivity contribution in [2.75, 3.05) is 34.1 Å². The van der Waals surface area contributed by atoms with Crippen LogP contribution < -0.4 is 14.8 Å². The molecule has 4 nitrogen and oxygen atoms in total. The highest BCUT2D eigenvalue weighted by molar-refractivity contribution is 7.98. The second kappa shape index (κ2) is 8.30. The van der Waals surface area contributed by atoms with Gasteiger partial charge in [-0.05, 0) is 30.9 Å². The summed E-state index contributed by atoms with van der Waals surface area (Å²) in [7, 11) is 5.02. The molecule has 0 saturated heterocycles. The average molecular weight is 285 g/mol. The summed E-state index contributed by atoms with van der Waals surface area (Å²) in [5.74, 6) is 1.53. The van der Waals surface area contributed by atoms with Gasteiger partial charge in [0.25, 0.3) is 0 Å². The highest BCUT2D eigenvalue weighted by atomic mass is 32.2. The Labute approximate surface area is 119 Å². The molecule has 1 unspecified atom stereocenters. The Morgan fingerprint density at radius 1 is 1.16 bits per heavy atom. The van der Waals surface area contributed by atoms with Gasteiger partial charge in [0.05, 0.1) is 20.3 Å². The number of hydrogen-bond acceptors (Lipinski definition) is 5. The van der Waals surface area contributed by atoms with E-state index in [1.807, 2.05) is 19.1 Å². The van der Waals surface area contributed by atoms with Crippen molar-refractivity contribution >= 4 is 11.8 Å². The number of hydrogen-bond donors (Lipinski definition) is 1. The van der Waals surface area contributed by atoms with E-state index >= 15 is 0 Å². The Hall–Kier alpha value is -0.910. The van der Waals surface area contributed by atoms with Crippen molar-refractivity contribution in [3.63, 3.8) is 0 Å². The number of nitrogens with one attached hydrogen (secondary N) is 1. The largest absolute Gasteiger partial charge is 0.493 e. The Kier molecular flexibility index (Phi) is 7.05. The van der Waals surface area contributed by atoms with E-state index in [1.165, 1.54) is 10.5 Å². The molecule has 1 N–H and O–H groups in total. The van der Waals surface area contributed by atoms with Crippen LogP contribution in [0.5, 0.6) is 11.5 Å². The summed E-state index contributed by atoms with van der Waals surface area (Å²) in [6.45, 7) is 3.64. The molecule has 0 aliphatic carbocycles. The molecule has 1 aromatic rings. The van der Waals surface area contributed by atoms with E-state index in [1.54, 1.807) is 33.1 Å². The van der Waals surface area contributed by atoms with Gasteiger partial charge in [0.1, 0.15) is 0 Å². The van der Waals surface area contributed by atoms with Crippen molar-refractivity contribution in [2.24, 2.45) is 0 Å². The fourth-order valence-corrected chi connectivity index (χ4v) is 2.34. The maximum Gasteiger partial charge on any atom is 0.161 e. The summed E-state index contributed by atoms with van der Waals surface area (Å²) in [6.07, 6.45) is 2.26. The van der Waals surface area contributed by atoms with Crippen molar-refractivity contribution in [3.05, 3.63) is 17.7 Å². The first-order valence-electron chi connectivity index (χ1n) is 6.18. The van der Waals surface area contributed by atoms with Crippen LogP contribution in [-0.2, 0) is 11.3 Å². The summed E-state index contributed by atoms with van der Waals surface area (Å²) in [5.41, 5.74) is 1.20. The van der Waals surface area contributed by atoms with Crippen molar-refractivity contribution < 1.29 is 14.2 Å². The van der Waals surface area contributed by atoms with E-state index in [-0.39, 0.29) is 6.10 Å². The molecule has 0 heterocycles. The molecule has 1 aromatic carbocycles. The third kappa shape index (κ3) is 4.60. The normalized spacial score (nSPS) is 12.3. The van der Waals surface area contributed by atoms with Crippen LogP contribution in [0.15, 0.2) is 17.0 Å². The second-order valence-electron chi connectivity index (χ2n) is 4.20. The summed E-state index contributed by atoms with van der Waals surface area (Å²) in [6, 6.07) is 4.04. The minimum Gasteiger partial charge on any atom is -0.493 e.